The maximum Gasteiger partial charge on any atom is 0.190 e. The second kappa shape index (κ2) is 9.87. The van der Waals surface area contributed by atoms with Gasteiger partial charge in [0, 0.05) is 22.1 Å². The lowest BCUT2D eigenvalue weighted by molar-refractivity contribution is 0.0910. The highest BCUT2D eigenvalue weighted by Crippen LogP contribution is 2.36. The fourth-order valence-corrected chi connectivity index (χ4v) is 6.17. The number of likely N-dealkylation sites (tertiary alicyclic amines) is 1. The lowest BCUT2D eigenvalue weighted by Crippen LogP contribution is -2.45. The molecule has 1 aliphatic carbocycles. The second-order valence-corrected chi connectivity index (χ2v) is 10.4. The molecule has 1 aliphatic heterocycles. The Hall–Kier alpha value is -2.50. The molecule has 4 atom stereocenters. The molecule has 0 unspecified atom stereocenters. The SMILES string of the molecule is C[C@H](c1ccc(Cl)cc1Cl)n1nc(C#N)c2ncc(C3=CC[C@@H](N4CCC[C@H]4CO)[C@@H](C)C3)nc21. The first-order chi connectivity index (χ1) is 16.9. The largest absolute Gasteiger partial charge is 0.395 e. The van der Waals surface area contributed by atoms with E-state index < -0.39 is 0 Å². The van der Waals surface area contributed by atoms with Gasteiger partial charge in [-0.25, -0.2) is 14.6 Å². The van der Waals surface area contributed by atoms with E-state index in [1.54, 1.807) is 23.0 Å². The Morgan fingerprint density at radius 2 is 2.14 bits per heavy atom. The molecule has 7 nitrogen and oxygen atoms in total. The van der Waals surface area contributed by atoms with Crippen molar-refractivity contribution >= 4 is 39.9 Å². The lowest BCUT2D eigenvalue weighted by Gasteiger charge is -2.38. The Balaban J connectivity index is 1.49. The maximum absolute atomic E-state index is 9.77. The van der Waals surface area contributed by atoms with E-state index in [1.807, 2.05) is 13.0 Å². The molecule has 182 valence electrons. The first-order valence-electron chi connectivity index (χ1n) is 12.1. The van der Waals surface area contributed by atoms with Crippen LogP contribution in [-0.4, -0.2) is 55.0 Å². The summed E-state index contributed by atoms with van der Waals surface area (Å²) in [6.45, 7) is 5.52. The van der Waals surface area contributed by atoms with Crippen LogP contribution >= 0.6 is 23.2 Å². The Labute approximate surface area is 215 Å². The highest BCUT2D eigenvalue weighted by atomic mass is 35.5. The monoisotopic (exact) mass is 510 g/mol. The van der Waals surface area contributed by atoms with Crippen molar-refractivity contribution in [3.63, 3.8) is 0 Å². The van der Waals surface area contributed by atoms with Gasteiger partial charge in [0.05, 0.1) is 24.5 Å². The van der Waals surface area contributed by atoms with Crippen molar-refractivity contribution in [3.05, 3.63) is 57.5 Å². The van der Waals surface area contributed by atoms with Crippen molar-refractivity contribution in [1.29, 1.82) is 5.26 Å². The third-order valence-corrected chi connectivity index (χ3v) is 8.04. The number of rotatable bonds is 5. The number of benzene rings is 1. The zero-order chi connectivity index (χ0) is 24.7. The minimum absolute atomic E-state index is 0.225. The van der Waals surface area contributed by atoms with Gasteiger partial charge < -0.3 is 5.11 Å². The fourth-order valence-electron chi connectivity index (χ4n) is 5.60. The number of aromatic nitrogens is 4. The number of nitriles is 1. The van der Waals surface area contributed by atoms with Gasteiger partial charge in [0.25, 0.3) is 0 Å². The normalized spacial score (nSPS) is 23.9. The van der Waals surface area contributed by atoms with Crippen LogP contribution in [0.4, 0.5) is 0 Å². The van der Waals surface area contributed by atoms with Gasteiger partial charge in [-0.2, -0.15) is 10.4 Å². The Morgan fingerprint density at radius 3 is 2.86 bits per heavy atom. The van der Waals surface area contributed by atoms with Crippen molar-refractivity contribution in [3.8, 4) is 6.07 Å². The van der Waals surface area contributed by atoms with Crippen LogP contribution < -0.4 is 0 Å². The van der Waals surface area contributed by atoms with Gasteiger partial charge in [-0.1, -0.05) is 42.3 Å². The molecule has 0 spiro atoms. The summed E-state index contributed by atoms with van der Waals surface area (Å²) < 4.78 is 1.73. The highest BCUT2D eigenvalue weighted by molar-refractivity contribution is 6.35. The van der Waals surface area contributed by atoms with Gasteiger partial charge in [0.1, 0.15) is 11.6 Å². The number of aliphatic hydroxyl groups excluding tert-OH is 1. The number of hydrogen-bond donors (Lipinski definition) is 1. The summed E-state index contributed by atoms with van der Waals surface area (Å²) in [6, 6.07) is 7.95. The van der Waals surface area contributed by atoms with Crippen molar-refractivity contribution < 1.29 is 5.11 Å². The van der Waals surface area contributed by atoms with Crippen LogP contribution in [0.15, 0.2) is 30.5 Å². The van der Waals surface area contributed by atoms with Crippen molar-refractivity contribution in [1.82, 2.24) is 24.6 Å². The average Bonchev–Trinajstić information content (AvgIpc) is 3.47. The molecule has 9 heteroatoms. The fraction of sp³-hybridized carbons (Fsp3) is 0.462. The first-order valence-corrected chi connectivity index (χ1v) is 12.8. The molecule has 1 aromatic carbocycles. The zero-order valence-corrected chi connectivity index (χ0v) is 21.3. The molecule has 0 radical (unpaired) electrons. The Bertz CT molecular complexity index is 1330. The van der Waals surface area contributed by atoms with Gasteiger partial charge in [0.15, 0.2) is 11.3 Å². The van der Waals surface area contributed by atoms with Crippen LogP contribution in [-0.2, 0) is 0 Å². The van der Waals surface area contributed by atoms with E-state index in [4.69, 9.17) is 28.2 Å². The van der Waals surface area contributed by atoms with Crippen LogP contribution in [0, 0.1) is 17.2 Å². The third kappa shape index (κ3) is 4.45. The lowest BCUT2D eigenvalue weighted by atomic mass is 9.83. The van der Waals surface area contributed by atoms with E-state index in [0.29, 0.717) is 33.2 Å². The summed E-state index contributed by atoms with van der Waals surface area (Å²) in [7, 11) is 0. The molecule has 5 rings (SSSR count). The number of allylic oxidation sites excluding steroid dienone is 1. The molecule has 3 heterocycles. The van der Waals surface area contributed by atoms with Gasteiger partial charge in [0.2, 0.25) is 0 Å². The number of hydrogen-bond acceptors (Lipinski definition) is 6. The molecule has 0 saturated carbocycles. The number of halogens is 2. The number of aliphatic hydroxyl groups is 1. The zero-order valence-electron chi connectivity index (χ0n) is 19.8. The van der Waals surface area contributed by atoms with Gasteiger partial charge in [-0.05, 0) is 68.3 Å². The van der Waals surface area contributed by atoms with Crippen molar-refractivity contribution in [2.24, 2.45) is 5.92 Å². The van der Waals surface area contributed by atoms with E-state index in [-0.39, 0.29) is 24.4 Å². The molecule has 2 aromatic heterocycles. The van der Waals surface area contributed by atoms with E-state index >= 15 is 0 Å². The van der Waals surface area contributed by atoms with Gasteiger partial charge in [-0.15, -0.1) is 0 Å². The molecular weight excluding hydrogens is 483 g/mol. The minimum atomic E-state index is -0.261. The predicted molar refractivity (Wildman–Crippen MR) is 137 cm³/mol. The van der Waals surface area contributed by atoms with Crippen LogP contribution in [0.5, 0.6) is 0 Å². The molecular formula is C26H28Cl2N6O. The summed E-state index contributed by atoms with van der Waals surface area (Å²) in [5.41, 5.74) is 4.10. The summed E-state index contributed by atoms with van der Waals surface area (Å²) in [5, 5.41) is 25.0. The minimum Gasteiger partial charge on any atom is -0.395 e. The quantitative estimate of drug-likeness (QED) is 0.503. The summed E-state index contributed by atoms with van der Waals surface area (Å²) in [6.07, 6.45) is 8.04. The van der Waals surface area contributed by atoms with Crippen molar-refractivity contribution in [2.75, 3.05) is 13.2 Å². The summed E-state index contributed by atoms with van der Waals surface area (Å²) in [5.74, 6) is 0.436. The molecule has 2 aliphatic rings. The van der Waals surface area contributed by atoms with Crippen LogP contribution in [0.3, 0.4) is 0 Å². The van der Waals surface area contributed by atoms with E-state index in [2.05, 4.69) is 34.1 Å². The summed E-state index contributed by atoms with van der Waals surface area (Å²) >= 11 is 12.5. The third-order valence-electron chi connectivity index (χ3n) is 7.48. The molecule has 0 bridgehead atoms. The highest BCUT2D eigenvalue weighted by Gasteiger charge is 2.35. The number of nitrogens with zero attached hydrogens (tertiary/aromatic N) is 6. The van der Waals surface area contributed by atoms with E-state index in [9.17, 15) is 10.4 Å². The topological polar surface area (TPSA) is 90.9 Å². The Kier molecular flexibility index (Phi) is 6.82. The predicted octanol–water partition coefficient (Wildman–Crippen LogP) is 5.25. The molecule has 0 amide bonds. The Morgan fingerprint density at radius 1 is 1.31 bits per heavy atom. The van der Waals surface area contributed by atoms with Gasteiger partial charge in [-0.3, -0.25) is 4.90 Å². The standard InChI is InChI=1S/C26H28Cl2N6O/c1-15-10-17(5-8-24(15)33-9-3-4-19(33)14-35)23-13-30-25-22(12-29)32-34(26(25)31-23)16(2)20-7-6-18(27)11-21(20)28/h5-7,11,13,15-16,19,24,35H,3-4,8-10,14H2,1-2H3/t15-,16+,19-,24+/m0/s1. The van der Waals surface area contributed by atoms with Crippen LogP contribution in [0.1, 0.15) is 62.5 Å². The van der Waals surface area contributed by atoms with Gasteiger partial charge >= 0.3 is 0 Å². The molecule has 1 saturated heterocycles. The van der Waals surface area contributed by atoms with E-state index in [0.717, 1.165) is 49.1 Å². The molecule has 1 fully saturated rings. The van der Waals surface area contributed by atoms with Crippen LogP contribution in [0.2, 0.25) is 10.0 Å². The maximum atomic E-state index is 9.77. The first kappa shape index (κ1) is 24.2. The molecule has 1 N–H and O–H groups in total. The van der Waals surface area contributed by atoms with Crippen molar-refractivity contribution in [2.45, 2.75) is 57.7 Å². The average molecular weight is 511 g/mol. The van der Waals surface area contributed by atoms with Crippen LogP contribution in [0.25, 0.3) is 16.7 Å². The second-order valence-electron chi connectivity index (χ2n) is 9.60. The molecule has 3 aromatic rings. The smallest absolute Gasteiger partial charge is 0.190 e. The number of fused-ring (bicyclic) bond motifs is 1. The van der Waals surface area contributed by atoms with E-state index in [1.165, 1.54) is 0 Å². The molecule has 35 heavy (non-hydrogen) atoms. The summed E-state index contributed by atoms with van der Waals surface area (Å²) in [4.78, 5) is 12.0.